The van der Waals surface area contributed by atoms with Crippen molar-refractivity contribution in [3.05, 3.63) is 23.3 Å². The predicted molar refractivity (Wildman–Crippen MR) is 106 cm³/mol. The molecule has 0 saturated heterocycles. The van der Waals surface area contributed by atoms with Gasteiger partial charge in [0.15, 0.2) is 5.78 Å². The fourth-order valence-corrected chi connectivity index (χ4v) is 3.39. The van der Waals surface area contributed by atoms with Crippen molar-refractivity contribution >= 4 is 11.8 Å². The molecule has 2 unspecified atom stereocenters. The molecule has 0 amide bonds. The van der Waals surface area contributed by atoms with Crippen molar-refractivity contribution in [3.8, 4) is 0 Å². The second kappa shape index (κ2) is 12.1. The molecule has 0 spiro atoms. The molecule has 27 heavy (non-hydrogen) atoms. The van der Waals surface area contributed by atoms with Crippen molar-refractivity contribution in [3.63, 3.8) is 0 Å². The summed E-state index contributed by atoms with van der Waals surface area (Å²) in [4.78, 5) is 23.3. The van der Waals surface area contributed by atoms with Crippen LogP contribution in [-0.4, -0.2) is 40.8 Å². The Bertz CT molecular complexity index is 545. The third-order valence-electron chi connectivity index (χ3n) is 5.13. The SMILES string of the molecule is CCCCC(C)(O)C/C=C/C1=C(CCCCCCC(=O)OC)C(=O)CC1O. The van der Waals surface area contributed by atoms with Gasteiger partial charge in [-0.05, 0) is 44.6 Å². The largest absolute Gasteiger partial charge is 0.469 e. The maximum atomic E-state index is 12.2. The summed E-state index contributed by atoms with van der Waals surface area (Å²) in [5.74, 6) is -0.163. The number of hydrogen-bond acceptors (Lipinski definition) is 5. The number of ether oxygens (including phenoxy) is 1. The predicted octanol–water partition coefficient (Wildman–Crippen LogP) is 4.02. The van der Waals surface area contributed by atoms with Crippen LogP contribution in [0, 0.1) is 0 Å². The molecular weight excluding hydrogens is 344 g/mol. The molecule has 5 nitrogen and oxygen atoms in total. The van der Waals surface area contributed by atoms with Crippen LogP contribution >= 0.6 is 0 Å². The van der Waals surface area contributed by atoms with E-state index in [0.29, 0.717) is 24.8 Å². The van der Waals surface area contributed by atoms with Crippen LogP contribution in [0.5, 0.6) is 0 Å². The lowest BCUT2D eigenvalue weighted by Gasteiger charge is -2.21. The highest BCUT2D eigenvalue weighted by atomic mass is 16.5. The minimum atomic E-state index is -0.750. The molecule has 1 aliphatic carbocycles. The lowest BCUT2D eigenvalue weighted by molar-refractivity contribution is -0.140. The molecule has 1 rings (SSSR count). The summed E-state index contributed by atoms with van der Waals surface area (Å²) in [5, 5.41) is 20.5. The van der Waals surface area contributed by atoms with E-state index in [2.05, 4.69) is 11.7 Å². The van der Waals surface area contributed by atoms with Gasteiger partial charge in [-0.2, -0.15) is 0 Å². The van der Waals surface area contributed by atoms with Crippen LogP contribution in [0.4, 0.5) is 0 Å². The number of aliphatic hydroxyl groups excluding tert-OH is 1. The van der Waals surface area contributed by atoms with Gasteiger partial charge >= 0.3 is 5.97 Å². The fourth-order valence-electron chi connectivity index (χ4n) is 3.39. The number of Topliss-reactive ketones (excluding diaryl/α,β-unsaturated/α-hetero) is 1. The molecule has 0 fully saturated rings. The summed E-state index contributed by atoms with van der Waals surface area (Å²) in [6.45, 7) is 3.92. The third-order valence-corrected chi connectivity index (χ3v) is 5.13. The molecule has 0 aromatic heterocycles. The quantitative estimate of drug-likeness (QED) is 0.372. The Morgan fingerprint density at radius 2 is 1.96 bits per heavy atom. The van der Waals surface area contributed by atoms with E-state index in [9.17, 15) is 19.8 Å². The van der Waals surface area contributed by atoms with Crippen molar-refractivity contribution in [2.24, 2.45) is 0 Å². The second-order valence-electron chi connectivity index (χ2n) is 7.77. The lowest BCUT2D eigenvalue weighted by Crippen LogP contribution is -2.22. The normalized spacial score (nSPS) is 19.7. The molecule has 5 heteroatoms. The first-order valence-corrected chi connectivity index (χ1v) is 10.2. The highest BCUT2D eigenvalue weighted by Crippen LogP contribution is 2.29. The summed E-state index contributed by atoms with van der Waals surface area (Å²) in [7, 11) is 1.39. The van der Waals surface area contributed by atoms with E-state index in [4.69, 9.17) is 0 Å². The number of unbranched alkanes of at least 4 members (excludes halogenated alkanes) is 4. The summed E-state index contributed by atoms with van der Waals surface area (Å²) < 4.78 is 4.62. The smallest absolute Gasteiger partial charge is 0.305 e. The highest BCUT2D eigenvalue weighted by Gasteiger charge is 2.28. The standard InChI is InChI=1S/C22H36O5/c1-4-5-14-22(2,26)15-10-12-18-17(19(23)16-20(18)24)11-8-6-7-9-13-21(25)27-3/h10,12,20,24,26H,4-9,11,13-16H2,1-3H3/b12-10+. The molecule has 0 radical (unpaired) electrons. The van der Waals surface area contributed by atoms with Crippen LogP contribution in [0.25, 0.3) is 0 Å². The lowest BCUT2D eigenvalue weighted by atomic mass is 9.94. The van der Waals surface area contributed by atoms with Gasteiger partial charge in [-0.3, -0.25) is 9.59 Å². The molecule has 2 atom stereocenters. The fraction of sp³-hybridized carbons (Fsp3) is 0.727. The maximum absolute atomic E-state index is 12.2. The van der Waals surface area contributed by atoms with E-state index in [1.54, 1.807) is 0 Å². The average Bonchev–Trinajstić information content (AvgIpc) is 2.89. The molecule has 1 aliphatic rings. The molecule has 2 N–H and O–H groups in total. The van der Waals surface area contributed by atoms with Crippen molar-refractivity contribution in [1.29, 1.82) is 0 Å². The van der Waals surface area contributed by atoms with Crippen LogP contribution < -0.4 is 0 Å². The highest BCUT2D eigenvalue weighted by molar-refractivity contribution is 6.00. The molecular formula is C22H36O5. The van der Waals surface area contributed by atoms with E-state index in [1.165, 1.54) is 7.11 Å². The number of hydrogen-bond donors (Lipinski definition) is 2. The number of aliphatic hydroxyl groups is 2. The molecule has 0 aromatic carbocycles. The number of methoxy groups -OCH3 is 1. The molecule has 0 heterocycles. The van der Waals surface area contributed by atoms with Gasteiger partial charge in [-0.15, -0.1) is 0 Å². The molecule has 0 saturated carbocycles. The summed E-state index contributed by atoms with van der Waals surface area (Å²) in [5.41, 5.74) is 0.682. The van der Waals surface area contributed by atoms with Gasteiger partial charge in [0, 0.05) is 18.4 Å². The zero-order valence-electron chi connectivity index (χ0n) is 17.1. The van der Waals surface area contributed by atoms with Crippen molar-refractivity contribution in [2.45, 2.75) is 96.2 Å². The van der Waals surface area contributed by atoms with Crippen molar-refractivity contribution in [2.75, 3.05) is 7.11 Å². The Morgan fingerprint density at radius 1 is 1.26 bits per heavy atom. The number of allylic oxidation sites excluding steroid dienone is 1. The van der Waals surface area contributed by atoms with E-state index in [-0.39, 0.29) is 18.2 Å². The van der Waals surface area contributed by atoms with E-state index < -0.39 is 11.7 Å². The van der Waals surface area contributed by atoms with Gasteiger partial charge < -0.3 is 14.9 Å². The van der Waals surface area contributed by atoms with Crippen molar-refractivity contribution in [1.82, 2.24) is 0 Å². The molecule has 154 valence electrons. The number of carbonyl (C=O) groups excluding carboxylic acids is 2. The Labute approximate surface area is 163 Å². The third kappa shape index (κ3) is 8.85. The van der Waals surface area contributed by atoms with Gasteiger partial charge in [-0.25, -0.2) is 0 Å². The second-order valence-corrected chi connectivity index (χ2v) is 7.77. The minimum absolute atomic E-state index is 0.0226. The van der Waals surface area contributed by atoms with Crippen LogP contribution in [0.3, 0.4) is 0 Å². The Balaban J connectivity index is 2.52. The van der Waals surface area contributed by atoms with Crippen LogP contribution in [0.2, 0.25) is 0 Å². The number of rotatable bonds is 13. The van der Waals surface area contributed by atoms with E-state index >= 15 is 0 Å². The Morgan fingerprint density at radius 3 is 2.63 bits per heavy atom. The van der Waals surface area contributed by atoms with Crippen LogP contribution in [0.1, 0.15) is 84.5 Å². The monoisotopic (exact) mass is 380 g/mol. The average molecular weight is 381 g/mol. The van der Waals surface area contributed by atoms with E-state index in [1.807, 2.05) is 19.1 Å². The van der Waals surface area contributed by atoms with Gasteiger partial charge in [0.2, 0.25) is 0 Å². The molecule has 0 aliphatic heterocycles. The van der Waals surface area contributed by atoms with Crippen LogP contribution in [0.15, 0.2) is 23.3 Å². The van der Waals surface area contributed by atoms with Crippen molar-refractivity contribution < 1.29 is 24.5 Å². The van der Waals surface area contributed by atoms with E-state index in [0.717, 1.165) is 50.5 Å². The molecule has 0 aromatic rings. The first-order valence-electron chi connectivity index (χ1n) is 10.2. The zero-order chi connectivity index (χ0) is 20.3. The zero-order valence-corrected chi connectivity index (χ0v) is 17.1. The summed E-state index contributed by atoms with van der Waals surface area (Å²) in [6.07, 6.45) is 11.0. The first-order chi connectivity index (χ1) is 12.8. The van der Waals surface area contributed by atoms with Crippen LogP contribution in [-0.2, 0) is 14.3 Å². The molecule has 0 bridgehead atoms. The first kappa shape index (κ1) is 23.6. The number of esters is 1. The number of carbonyl (C=O) groups is 2. The van der Waals surface area contributed by atoms with Gasteiger partial charge in [0.25, 0.3) is 0 Å². The van der Waals surface area contributed by atoms with Gasteiger partial charge in [0.1, 0.15) is 0 Å². The maximum Gasteiger partial charge on any atom is 0.305 e. The van der Waals surface area contributed by atoms with Gasteiger partial charge in [-0.1, -0.05) is 44.8 Å². The topological polar surface area (TPSA) is 83.8 Å². The van der Waals surface area contributed by atoms with Gasteiger partial charge in [0.05, 0.1) is 18.8 Å². The Hall–Kier alpha value is -1.46. The summed E-state index contributed by atoms with van der Waals surface area (Å²) >= 11 is 0. The Kier molecular flexibility index (Phi) is 10.6. The number of ketones is 1. The minimum Gasteiger partial charge on any atom is -0.469 e. The summed E-state index contributed by atoms with van der Waals surface area (Å²) in [6, 6.07) is 0.